The first-order chi connectivity index (χ1) is 36.3. The van der Waals surface area contributed by atoms with E-state index < -0.39 is 0 Å². The Morgan fingerprint density at radius 1 is 0.568 bits per heavy atom. The molecular weight excluding hydrogens is 925 g/mol. The van der Waals surface area contributed by atoms with Crippen molar-refractivity contribution in [3.63, 3.8) is 0 Å². The molecule has 2 saturated carbocycles. The quantitative estimate of drug-likeness (QED) is 0.138. The van der Waals surface area contributed by atoms with E-state index in [1.165, 1.54) is 25.1 Å². The lowest BCUT2D eigenvalue weighted by molar-refractivity contribution is 0.172. The summed E-state index contributed by atoms with van der Waals surface area (Å²) in [6.07, 6.45) is 12.1. The second-order valence-corrected chi connectivity index (χ2v) is 21.8. The molecule has 7 unspecified atom stereocenters. The predicted octanol–water partition coefficient (Wildman–Crippen LogP) is 5.92. The van der Waals surface area contributed by atoms with Gasteiger partial charge in [-0.15, -0.1) is 20.4 Å². The molecular formula is C58H60N14O2. The minimum Gasteiger partial charge on any atom is -0.507 e. The lowest BCUT2D eigenvalue weighted by Gasteiger charge is -2.43. The minimum absolute atomic E-state index is 0.0501. The number of nitrogen functional groups attached to an aromatic ring is 2. The third-order valence-electron chi connectivity index (χ3n) is 17.3. The van der Waals surface area contributed by atoms with Crippen LogP contribution in [0.4, 0.5) is 34.4 Å². The first kappa shape index (κ1) is 45.0. The van der Waals surface area contributed by atoms with E-state index in [0.29, 0.717) is 65.6 Å². The minimum atomic E-state index is 0.0501. The monoisotopic (exact) mass is 985 g/mol. The van der Waals surface area contributed by atoms with Crippen molar-refractivity contribution in [1.29, 1.82) is 0 Å². The summed E-state index contributed by atoms with van der Waals surface area (Å²) in [5, 5.41) is 28.3. The van der Waals surface area contributed by atoms with E-state index in [1.54, 1.807) is 12.1 Å². The maximum Gasteiger partial charge on any atom is 0.169 e. The van der Waals surface area contributed by atoms with Gasteiger partial charge < -0.3 is 40.9 Å². The van der Waals surface area contributed by atoms with Crippen LogP contribution in [0.2, 0.25) is 0 Å². The Bertz CT molecular complexity index is 3240. The van der Waals surface area contributed by atoms with Crippen LogP contribution in [0.5, 0.6) is 11.5 Å². The Kier molecular flexibility index (Phi) is 11.2. The summed E-state index contributed by atoms with van der Waals surface area (Å²) in [4.78, 5) is 24.2. The van der Waals surface area contributed by atoms with Crippen molar-refractivity contribution in [2.24, 2.45) is 11.8 Å². The summed E-state index contributed by atoms with van der Waals surface area (Å²) in [6, 6.07) is 30.5. The molecule has 2 aliphatic carbocycles. The molecule has 11 heterocycles. The van der Waals surface area contributed by atoms with Crippen LogP contribution in [0.25, 0.3) is 22.5 Å². The number of ether oxygens (including phenoxy) is 1. The van der Waals surface area contributed by atoms with Gasteiger partial charge in [0.05, 0.1) is 35.9 Å². The highest BCUT2D eigenvalue weighted by molar-refractivity contribution is 5.76. The van der Waals surface area contributed by atoms with Gasteiger partial charge in [-0.05, 0) is 123 Å². The molecule has 6 bridgehead atoms. The van der Waals surface area contributed by atoms with Gasteiger partial charge in [0.2, 0.25) is 0 Å². The van der Waals surface area contributed by atoms with Crippen molar-refractivity contribution in [1.82, 2.24) is 40.2 Å². The van der Waals surface area contributed by atoms with Crippen LogP contribution in [-0.4, -0.2) is 140 Å². The van der Waals surface area contributed by atoms with E-state index in [0.717, 1.165) is 129 Å². The number of piperazine rings is 2. The van der Waals surface area contributed by atoms with Gasteiger partial charge in [0.1, 0.15) is 29.0 Å². The molecule has 74 heavy (non-hydrogen) atoms. The zero-order valence-electron chi connectivity index (χ0n) is 41.4. The molecule has 0 radical (unpaired) electrons. The third-order valence-corrected chi connectivity index (χ3v) is 17.3. The molecule has 16 heteroatoms. The van der Waals surface area contributed by atoms with Crippen LogP contribution in [0.15, 0.2) is 97.3 Å². The van der Waals surface area contributed by atoms with E-state index in [9.17, 15) is 5.11 Å². The largest absolute Gasteiger partial charge is 0.507 e. The molecule has 7 saturated heterocycles. The zero-order valence-corrected chi connectivity index (χ0v) is 41.4. The number of nitrogens with two attached hydrogens (primary N) is 2. The topological polar surface area (TPSA) is 178 Å². The van der Waals surface area contributed by atoms with Gasteiger partial charge in [-0.1, -0.05) is 36.1 Å². The van der Waals surface area contributed by atoms with Crippen LogP contribution >= 0.6 is 0 Å². The Labute approximate surface area is 431 Å². The van der Waals surface area contributed by atoms with Gasteiger partial charge in [0.25, 0.3) is 0 Å². The van der Waals surface area contributed by atoms with Crippen LogP contribution in [0.1, 0.15) is 56.3 Å². The van der Waals surface area contributed by atoms with Gasteiger partial charge in [-0.2, -0.15) is 0 Å². The molecule has 16 nitrogen and oxygen atoms in total. The van der Waals surface area contributed by atoms with Crippen LogP contribution in [0.3, 0.4) is 0 Å². The summed E-state index contributed by atoms with van der Waals surface area (Å²) < 4.78 is 6.91. The third kappa shape index (κ3) is 8.30. The maximum absolute atomic E-state index is 10.5. The normalized spacial score (nSPS) is 27.3. The SMILES string of the molecule is Nc1nnc(-c2ccccc2O)cc1N1CC2CCC(C1)N2c1ccnc(C#CCN2CC(Oc3ccccc3-c3cc(N4CC5CCC(C4)N5c4ccnc(C#CCN5CC6CC5C6)c4)c(N)nn3)C3CC32)c1. The number of nitrogens with zero attached hydrogens (tertiary/aromatic N) is 12. The molecule has 0 amide bonds. The molecule has 2 aromatic carbocycles. The van der Waals surface area contributed by atoms with Gasteiger partial charge >= 0.3 is 0 Å². The number of phenols is 1. The number of para-hydroxylation sites is 2. The second kappa shape index (κ2) is 18.4. The fraction of sp³-hybridized carbons (Fsp3) is 0.414. The van der Waals surface area contributed by atoms with Gasteiger partial charge in [0, 0.05) is 116 Å². The van der Waals surface area contributed by atoms with Crippen LogP contribution < -0.4 is 35.8 Å². The standard InChI is InChI=1S/C58H60N14O2/c59-57-52(28-49(63-65-57)46-9-1-3-11-54(46)73)69-31-41-13-14-42(32-69)72(41)40-18-20-62-38(26-40)8-6-22-68-35-56(48-27-51(48)68)74-55-12-4-2-10-47(55)50-29-53(58(60)66-64-50)70-33-43-15-16-44(34-70)71(43)39-17-19-61-37(25-39)7-5-21-67-30-36-23-45(67)24-36/h1-4,9-12,17-20,25-26,28-29,36,41-45,48,51,56,73H,13-16,21-24,27,30-35H2,(H2,59,65)(H2,60,66). The van der Waals surface area contributed by atoms with Crippen molar-refractivity contribution in [3.8, 4) is 57.7 Å². The maximum atomic E-state index is 10.5. The van der Waals surface area contributed by atoms with E-state index in [2.05, 4.69) is 126 Å². The summed E-state index contributed by atoms with van der Waals surface area (Å²) in [5.41, 5.74) is 21.7. The molecule has 374 valence electrons. The lowest BCUT2D eigenvalue weighted by Crippen LogP contribution is -2.54. The van der Waals surface area contributed by atoms with Crippen molar-refractivity contribution < 1.29 is 9.84 Å². The zero-order chi connectivity index (χ0) is 49.4. The molecule has 7 aliphatic heterocycles. The summed E-state index contributed by atoms with van der Waals surface area (Å²) in [6.45, 7) is 6.81. The lowest BCUT2D eigenvalue weighted by atomic mass is 9.86. The number of hydrogen-bond donors (Lipinski definition) is 3. The molecule has 0 spiro atoms. The fourth-order valence-corrected chi connectivity index (χ4v) is 13.6. The van der Waals surface area contributed by atoms with E-state index in [4.69, 9.17) is 16.2 Å². The van der Waals surface area contributed by atoms with Crippen LogP contribution in [-0.2, 0) is 0 Å². The highest BCUT2D eigenvalue weighted by Crippen LogP contribution is 2.47. The second-order valence-electron chi connectivity index (χ2n) is 21.8. The number of fused-ring (bicyclic) bond motifs is 6. The van der Waals surface area contributed by atoms with Gasteiger partial charge in [0.15, 0.2) is 11.6 Å². The first-order valence-corrected chi connectivity index (χ1v) is 26.6. The summed E-state index contributed by atoms with van der Waals surface area (Å²) in [5.74, 6) is 16.9. The number of piperidine rings is 1. The Balaban J connectivity index is 0.610. The van der Waals surface area contributed by atoms with Crippen molar-refractivity contribution >= 4 is 34.4 Å². The molecule has 4 aromatic heterocycles. The number of anilines is 6. The number of hydrogen-bond acceptors (Lipinski definition) is 16. The number of phenolic OH excluding ortho intramolecular Hbond substituents is 1. The van der Waals surface area contributed by atoms with Gasteiger partial charge in [-0.3, -0.25) is 9.80 Å². The van der Waals surface area contributed by atoms with E-state index >= 15 is 0 Å². The fourth-order valence-electron chi connectivity index (χ4n) is 13.6. The molecule has 5 N–H and O–H groups in total. The number of likely N-dealkylation sites (tertiary alicyclic amines) is 1. The number of benzene rings is 2. The summed E-state index contributed by atoms with van der Waals surface area (Å²) >= 11 is 0. The highest BCUT2D eigenvalue weighted by Gasteiger charge is 2.54. The van der Waals surface area contributed by atoms with Crippen molar-refractivity contribution in [3.05, 3.63) is 109 Å². The molecule has 7 atom stereocenters. The Morgan fingerprint density at radius 3 is 1.68 bits per heavy atom. The number of pyridine rings is 2. The molecule has 15 rings (SSSR count). The molecule has 9 aliphatic rings. The first-order valence-electron chi connectivity index (χ1n) is 26.6. The Morgan fingerprint density at radius 2 is 1.11 bits per heavy atom. The smallest absolute Gasteiger partial charge is 0.169 e. The highest BCUT2D eigenvalue weighted by atomic mass is 16.5. The average molecular weight is 985 g/mol. The number of rotatable bonds is 10. The molecule has 9 fully saturated rings. The van der Waals surface area contributed by atoms with Gasteiger partial charge in [-0.25, -0.2) is 9.97 Å². The van der Waals surface area contributed by atoms with Crippen LogP contribution in [0, 0.1) is 35.5 Å². The summed E-state index contributed by atoms with van der Waals surface area (Å²) in [7, 11) is 0. The number of aromatic nitrogens is 6. The van der Waals surface area contributed by atoms with E-state index in [-0.39, 0.29) is 11.9 Å². The Hall–Kier alpha value is -7.66. The molecule has 6 aromatic rings. The average Bonchev–Trinajstić information content (AvgIpc) is 3.57. The van der Waals surface area contributed by atoms with Crippen molar-refractivity contribution in [2.75, 3.05) is 83.4 Å². The predicted molar refractivity (Wildman–Crippen MR) is 287 cm³/mol. The van der Waals surface area contributed by atoms with E-state index in [1.807, 2.05) is 42.7 Å². The number of aromatic hydroxyl groups is 1. The van der Waals surface area contributed by atoms with Crippen molar-refractivity contribution in [2.45, 2.75) is 87.3 Å².